The molecule has 0 saturated heterocycles. The van der Waals surface area contributed by atoms with Gasteiger partial charge in [-0.1, -0.05) is 52.3 Å². The Morgan fingerprint density at radius 3 is 2.27 bits per heavy atom. The van der Waals surface area contributed by atoms with Crippen LogP contribution in [0.25, 0.3) is 10.9 Å². The van der Waals surface area contributed by atoms with Crippen molar-refractivity contribution in [3.8, 4) is 0 Å². The lowest BCUT2D eigenvalue weighted by Gasteiger charge is -2.27. The fourth-order valence-corrected chi connectivity index (χ4v) is 4.38. The second-order valence-corrected chi connectivity index (χ2v) is 10.4. The molecule has 0 spiro atoms. The fraction of sp³-hybridized carbons (Fsp3) is 0.464. The van der Waals surface area contributed by atoms with E-state index in [2.05, 4.69) is 30.9 Å². The lowest BCUT2D eigenvalue weighted by Crippen LogP contribution is -2.59. The molecule has 0 aliphatic carbocycles. The molecular formula is C28H39N7O5. The molecule has 3 aromatic rings. The van der Waals surface area contributed by atoms with Crippen molar-refractivity contribution < 1.29 is 24.3 Å². The zero-order valence-electron chi connectivity index (χ0n) is 23.2. The number of aliphatic carboxylic acids is 1. The molecule has 1 aromatic carbocycles. The maximum atomic E-state index is 13.4. The molecule has 8 N–H and O–H groups in total. The van der Waals surface area contributed by atoms with E-state index >= 15 is 0 Å². The fourth-order valence-electron chi connectivity index (χ4n) is 4.38. The Hall–Kier alpha value is -4.19. The molecule has 0 aliphatic rings. The number of hydrogen-bond donors (Lipinski definition) is 7. The van der Waals surface area contributed by atoms with Gasteiger partial charge >= 0.3 is 5.97 Å². The Balaban J connectivity index is 1.75. The number of fused-ring (bicyclic) bond motifs is 1. The number of rotatable bonds is 14. The number of aromatic amines is 2. The van der Waals surface area contributed by atoms with Crippen molar-refractivity contribution in [2.75, 3.05) is 0 Å². The minimum Gasteiger partial charge on any atom is -0.480 e. The summed E-state index contributed by atoms with van der Waals surface area (Å²) in [6.07, 6.45) is 5.55. The number of nitrogens with zero attached hydrogens (tertiary/aromatic N) is 1. The topological polar surface area (TPSA) is 195 Å². The maximum absolute atomic E-state index is 13.4. The van der Waals surface area contributed by atoms with E-state index in [1.54, 1.807) is 20.0 Å². The van der Waals surface area contributed by atoms with E-state index in [4.69, 9.17) is 5.73 Å². The van der Waals surface area contributed by atoms with Crippen LogP contribution < -0.4 is 21.7 Å². The third-order valence-corrected chi connectivity index (χ3v) is 7.13. The molecule has 0 saturated carbocycles. The van der Waals surface area contributed by atoms with Crippen molar-refractivity contribution in [3.63, 3.8) is 0 Å². The molecule has 12 heteroatoms. The number of carbonyl (C=O) groups is 4. The second kappa shape index (κ2) is 13.7. The lowest BCUT2D eigenvalue weighted by atomic mass is 9.98. The van der Waals surface area contributed by atoms with E-state index in [1.165, 1.54) is 12.5 Å². The highest BCUT2D eigenvalue weighted by atomic mass is 16.4. The van der Waals surface area contributed by atoms with Crippen LogP contribution in [0.4, 0.5) is 0 Å². The summed E-state index contributed by atoms with van der Waals surface area (Å²) in [7, 11) is 0. The maximum Gasteiger partial charge on any atom is 0.326 e. The van der Waals surface area contributed by atoms with Crippen LogP contribution in [0.5, 0.6) is 0 Å². The van der Waals surface area contributed by atoms with Gasteiger partial charge in [-0.2, -0.15) is 0 Å². The zero-order chi connectivity index (χ0) is 29.4. The smallest absolute Gasteiger partial charge is 0.326 e. The number of carboxylic acids is 1. The van der Waals surface area contributed by atoms with Crippen LogP contribution >= 0.6 is 0 Å². The van der Waals surface area contributed by atoms with Crippen LogP contribution in [-0.4, -0.2) is 67.9 Å². The molecule has 40 heavy (non-hydrogen) atoms. The Bertz CT molecular complexity index is 1300. The largest absolute Gasteiger partial charge is 0.480 e. The first kappa shape index (κ1) is 30.4. The van der Waals surface area contributed by atoms with E-state index in [-0.39, 0.29) is 24.7 Å². The van der Waals surface area contributed by atoms with Crippen LogP contribution in [-0.2, 0) is 32.0 Å². The summed E-state index contributed by atoms with van der Waals surface area (Å²) in [5.41, 5.74) is 8.29. The summed E-state index contributed by atoms with van der Waals surface area (Å²) >= 11 is 0. The van der Waals surface area contributed by atoms with Crippen molar-refractivity contribution in [2.45, 2.75) is 71.1 Å². The van der Waals surface area contributed by atoms with Crippen molar-refractivity contribution in [1.82, 2.24) is 30.9 Å². The van der Waals surface area contributed by atoms with Crippen molar-refractivity contribution in [1.29, 1.82) is 0 Å². The van der Waals surface area contributed by atoms with Crippen LogP contribution in [0.2, 0.25) is 0 Å². The average Bonchev–Trinajstić information content (AvgIpc) is 3.59. The molecule has 216 valence electrons. The number of carboxylic acid groups (broad SMARTS) is 1. The molecule has 12 nitrogen and oxygen atoms in total. The summed E-state index contributed by atoms with van der Waals surface area (Å²) in [5.74, 6) is -3.40. The first-order valence-corrected chi connectivity index (χ1v) is 13.4. The predicted molar refractivity (Wildman–Crippen MR) is 150 cm³/mol. The standard InChI is InChI=1S/C28H39N7O5/c1-5-16(4)23(29)26(37)33-21(11-18-13-30-14-32-18)25(36)35-24(15(2)3)27(38)34-22(28(39)40)10-17-12-31-20-9-7-6-8-19(17)20/h6-9,12-16,21-24,31H,5,10-11,29H2,1-4H3,(H,30,32)(H,33,37)(H,34,38)(H,35,36)(H,39,40). The number of carbonyl (C=O) groups excluding carboxylic acids is 3. The Morgan fingerprint density at radius 1 is 0.950 bits per heavy atom. The van der Waals surface area contributed by atoms with Crippen molar-refractivity contribution in [3.05, 3.63) is 54.2 Å². The van der Waals surface area contributed by atoms with E-state index in [1.807, 2.05) is 38.1 Å². The van der Waals surface area contributed by atoms with Gasteiger partial charge in [0, 0.05) is 41.8 Å². The molecule has 3 amide bonds. The van der Waals surface area contributed by atoms with Gasteiger partial charge in [-0.25, -0.2) is 9.78 Å². The van der Waals surface area contributed by atoms with Crippen LogP contribution in [0.3, 0.4) is 0 Å². The number of nitrogens with two attached hydrogens (primary N) is 1. The molecule has 3 rings (SSSR count). The van der Waals surface area contributed by atoms with Gasteiger partial charge in [0.1, 0.15) is 18.1 Å². The molecule has 5 unspecified atom stereocenters. The SMILES string of the molecule is CCC(C)C(N)C(=O)NC(Cc1cnc[nH]1)C(=O)NC(C(=O)NC(Cc1c[nH]c2ccccc12)C(=O)O)C(C)C. The first-order chi connectivity index (χ1) is 19.0. The second-order valence-electron chi connectivity index (χ2n) is 10.4. The lowest BCUT2D eigenvalue weighted by molar-refractivity contribution is -0.142. The van der Waals surface area contributed by atoms with Gasteiger partial charge in [0.25, 0.3) is 0 Å². The van der Waals surface area contributed by atoms with Crippen LogP contribution in [0.15, 0.2) is 43.0 Å². The average molecular weight is 554 g/mol. The quantitative estimate of drug-likeness (QED) is 0.156. The number of benzene rings is 1. The number of hydrogen-bond acceptors (Lipinski definition) is 6. The molecular weight excluding hydrogens is 514 g/mol. The van der Waals surface area contributed by atoms with E-state index in [0.29, 0.717) is 12.1 Å². The van der Waals surface area contributed by atoms with Crippen LogP contribution in [0.1, 0.15) is 45.4 Å². The normalized spacial score (nSPS) is 15.2. The third-order valence-electron chi connectivity index (χ3n) is 7.13. The number of aromatic nitrogens is 3. The van der Waals surface area contributed by atoms with E-state index in [0.717, 1.165) is 16.5 Å². The Labute approximate surface area is 232 Å². The van der Waals surface area contributed by atoms with Gasteiger partial charge in [-0.05, 0) is 23.5 Å². The van der Waals surface area contributed by atoms with Crippen LogP contribution in [0, 0.1) is 11.8 Å². The number of nitrogens with one attached hydrogen (secondary N) is 5. The summed E-state index contributed by atoms with van der Waals surface area (Å²) in [6, 6.07) is 3.35. The zero-order valence-corrected chi connectivity index (χ0v) is 23.2. The number of amides is 3. The van der Waals surface area contributed by atoms with Gasteiger partial charge in [0.15, 0.2) is 0 Å². The van der Waals surface area contributed by atoms with Gasteiger partial charge < -0.3 is 36.8 Å². The van der Waals surface area contributed by atoms with Gasteiger partial charge in [0.05, 0.1) is 12.4 Å². The predicted octanol–water partition coefficient (Wildman–Crippen LogP) is 1.24. The molecule has 2 heterocycles. The van der Waals surface area contributed by atoms with Gasteiger partial charge in [-0.3, -0.25) is 14.4 Å². The molecule has 2 aromatic heterocycles. The molecule has 0 bridgehead atoms. The van der Waals surface area contributed by atoms with Crippen molar-refractivity contribution >= 4 is 34.6 Å². The molecule has 5 atom stereocenters. The van der Waals surface area contributed by atoms with Crippen molar-refractivity contribution in [2.24, 2.45) is 17.6 Å². The highest BCUT2D eigenvalue weighted by Crippen LogP contribution is 2.19. The highest BCUT2D eigenvalue weighted by molar-refractivity contribution is 5.94. The third kappa shape index (κ3) is 7.69. The molecule has 0 radical (unpaired) electrons. The van der Waals surface area contributed by atoms with Gasteiger partial charge in [0.2, 0.25) is 17.7 Å². The minimum absolute atomic E-state index is 0.0514. The Morgan fingerprint density at radius 2 is 1.65 bits per heavy atom. The minimum atomic E-state index is -1.22. The number of H-pyrrole nitrogens is 2. The summed E-state index contributed by atoms with van der Waals surface area (Å²) < 4.78 is 0. The molecule has 0 fully saturated rings. The van der Waals surface area contributed by atoms with Gasteiger partial charge in [-0.15, -0.1) is 0 Å². The summed E-state index contributed by atoms with van der Waals surface area (Å²) in [6.45, 7) is 7.24. The van der Waals surface area contributed by atoms with E-state index in [9.17, 15) is 24.3 Å². The molecule has 0 aliphatic heterocycles. The number of para-hydroxylation sites is 1. The summed E-state index contributed by atoms with van der Waals surface area (Å²) in [4.78, 5) is 61.6. The summed E-state index contributed by atoms with van der Waals surface area (Å²) in [5, 5.41) is 18.7. The Kier molecular flexibility index (Phi) is 10.4. The number of imidazole rings is 1. The highest BCUT2D eigenvalue weighted by Gasteiger charge is 2.33. The first-order valence-electron chi connectivity index (χ1n) is 13.4. The van der Waals surface area contributed by atoms with E-state index < -0.39 is 47.9 Å². The monoisotopic (exact) mass is 553 g/mol.